The van der Waals surface area contributed by atoms with Gasteiger partial charge in [-0.2, -0.15) is 0 Å². The fraction of sp³-hybridized carbons (Fsp3) is 0.125. The first kappa shape index (κ1) is 19.0. The number of rotatable bonds is 4. The van der Waals surface area contributed by atoms with Crippen LogP contribution in [0.3, 0.4) is 0 Å². The van der Waals surface area contributed by atoms with Gasteiger partial charge in [0.1, 0.15) is 5.92 Å². The minimum absolute atomic E-state index is 0.0803. The zero-order valence-electron chi connectivity index (χ0n) is 16.3. The van der Waals surface area contributed by atoms with Gasteiger partial charge in [0.05, 0.1) is 23.0 Å². The summed E-state index contributed by atoms with van der Waals surface area (Å²) in [5.74, 6) is -2.63. The van der Waals surface area contributed by atoms with Crippen LogP contribution in [0.1, 0.15) is 22.0 Å². The summed E-state index contributed by atoms with van der Waals surface area (Å²) in [6, 6.07) is 24.0. The van der Waals surface area contributed by atoms with Gasteiger partial charge < -0.3 is 5.11 Å². The molecular formula is C24H18N2O5. The highest BCUT2D eigenvalue weighted by Crippen LogP contribution is 2.47. The monoisotopic (exact) mass is 414 g/mol. The molecule has 0 aromatic heterocycles. The number of aromatic carboxylic acids is 1. The Balaban J connectivity index is 1.54. The number of imide groups is 1. The molecule has 1 N–H and O–H groups in total. The standard InChI is InChI=1S/C24H18N2O5/c27-22-19-20(15-7-3-1-4-8-15)26(18-9-5-2-6-10-18)31-21(19)23(28)25(22)17-13-11-16(12-14-17)24(29)30/h1-14,19-21H,(H,29,30)/t19-,20+,21-/m0/s1. The highest BCUT2D eigenvalue weighted by Gasteiger charge is 2.60. The van der Waals surface area contributed by atoms with Crippen LogP contribution in [0.2, 0.25) is 0 Å². The maximum Gasteiger partial charge on any atom is 0.335 e. The van der Waals surface area contributed by atoms with Crippen molar-refractivity contribution in [2.75, 3.05) is 9.96 Å². The van der Waals surface area contributed by atoms with Gasteiger partial charge in [-0.3, -0.25) is 14.4 Å². The summed E-state index contributed by atoms with van der Waals surface area (Å²) in [5.41, 5.74) is 2.03. The number of carbonyl (C=O) groups is 3. The fourth-order valence-corrected chi connectivity index (χ4v) is 4.21. The Labute approximate surface area is 178 Å². The Morgan fingerprint density at radius 2 is 1.39 bits per heavy atom. The summed E-state index contributed by atoms with van der Waals surface area (Å²) >= 11 is 0. The zero-order valence-corrected chi connectivity index (χ0v) is 16.3. The molecule has 2 amide bonds. The van der Waals surface area contributed by atoms with E-state index in [1.54, 1.807) is 5.06 Å². The van der Waals surface area contributed by atoms with E-state index in [9.17, 15) is 14.4 Å². The molecule has 3 aromatic carbocycles. The lowest BCUT2D eigenvalue weighted by molar-refractivity contribution is -0.126. The molecule has 0 spiro atoms. The number of anilines is 2. The van der Waals surface area contributed by atoms with Gasteiger partial charge in [0.2, 0.25) is 5.91 Å². The third-order valence-corrected chi connectivity index (χ3v) is 5.64. The van der Waals surface area contributed by atoms with E-state index in [1.807, 2.05) is 60.7 Å². The molecule has 3 atom stereocenters. The van der Waals surface area contributed by atoms with Gasteiger partial charge in [-0.25, -0.2) is 14.8 Å². The van der Waals surface area contributed by atoms with E-state index in [4.69, 9.17) is 9.94 Å². The molecule has 5 rings (SSSR count). The predicted octanol–water partition coefficient (Wildman–Crippen LogP) is 3.44. The molecule has 31 heavy (non-hydrogen) atoms. The average Bonchev–Trinajstić information content (AvgIpc) is 3.31. The van der Waals surface area contributed by atoms with E-state index in [0.717, 1.165) is 16.2 Å². The summed E-state index contributed by atoms with van der Waals surface area (Å²) in [5, 5.41) is 10.7. The molecule has 2 aliphatic rings. The van der Waals surface area contributed by atoms with Gasteiger partial charge >= 0.3 is 5.97 Å². The van der Waals surface area contributed by atoms with Crippen molar-refractivity contribution < 1.29 is 24.3 Å². The summed E-state index contributed by atoms with van der Waals surface area (Å²) in [6.45, 7) is 0. The predicted molar refractivity (Wildman–Crippen MR) is 112 cm³/mol. The summed E-state index contributed by atoms with van der Waals surface area (Å²) in [6.07, 6.45) is -0.961. The first-order valence-electron chi connectivity index (χ1n) is 9.83. The van der Waals surface area contributed by atoms with E-state index in [2.05, 4.69) is 0 Å². The van der Waals surface area contributed by atoms with Crippen LogP contribution in [-0.4, -0.2) is 29.0 Å². The molecule has 2 aliphatic heterocycles. The highest BCUT2D eigenvalue weighted by atomic mass is 16.7. The van der Waals surface area contributed by atoms with Gasteiger partial charge in [0, 0.05) is 0 Å². The number of hydrogen-bond acceptors (Lipinski definition) is 5. The lowest BCUT2D eigenvalue weighted by Gasteiger charge is -2.28. The molecule has 7 nitrogen and oxygen atoms in total. The van der Waals surface area contributed by atoms with Crippen LogP contribution in [0, 0.1) is 5.92 Å². The molecular weight excluding hydrogens is 396 g/mol. The molecule has 7 heteroatoms. The first-order chi connectivity index (χ1) is 15.1. The molecule has 2 heterocycles. The van der Waals surface area contributed by atoms with Crippen molar-refractivity contribution in [3.8, 4) is 0 Å². The van der Waals surface area contributed by atoms with Crippen LogP contribution in [0.5, 0.6) is 0 Å². The maximum absolute atomic E-state index is 13.5. The van der Waals surface area contributed by atoms with Gasteiger partial charge in [-0.05, 0) is 42.0 Å². The van der Waals surface area contributed by atoms with Gasteiger partial charge in [-0.15, -0.1) is 0 Å². The lowest BCUT2D eigenvalue weighted by atomic mass is 9.90. The Hall–Kier alpha value is -3.97. The van der Waals surface area contributed by atoms with Crippen molar-refractivity contribution in [1.82, 2.24) is 0 Å². The Morgan fingerprint density at radius 3 is 2.00 bits per heavy atom. The zero-order chi connectivity index (χ0) is 21.5. The second-order valence-electron chi connectivity index (χ2n) is 7.43. The summed E-state index contributed by atoms with van der Waals surface area (Å²) < 4.78 is 0. The van der Waals surface area contributed by atoms with Crippen molar-refractivity contribution in [3.05, 3.63) is 96.1 Å². The van der Waals surface area contributed by atoms with Crippen LogP contribution in [0.25, 0.3) is 0 Å². The van der Waals surface area contributed by atoms with Crippen LogP contribution >= 0.6 is 0 Å². The first-order valence-corrected chi connectivity index (χ1v) is 9.83. The second-order valence-corrected chi connectivity index (χ2v) is 7.43. The number of amides is 2. The van der Waals surface area contributed by atoms with Crippen LogP contribution in [0.15, 0.2) is 84.9 Å². The van der Waals surface area contributed by atoms with Crippen LogP contribution in [-0.2, 0) is 14.4 Å². The van der Waals surface area contributed by atoms with E-state index >= 15 is 0 Å². The van der Waals surface area contributed by atoms with E-state index < -0.39 is 29.9 Å². The number of benzene rings is 3. The number of carboxylic acids is 1. The van der Waals surface area contributed by atoms with Crippen LogP contribution in [0.4, 0.5) is 11.4 Å². The van der Waals surface area contributed by atoms with Crippen LogP contribution < -0.4 is 9.96 Å². The molecule has 3 aromatic rings. The molecule has 0 bridgehead atoms. The van der Waals surface area contributed by atoms with E-state index in [0.29, 0.717) is 5.69 Å². The maximum atomic E-state index is 13.5. The molecule has 0 aliphatic carbocycles. The topological polar surface area (TPSA) is 87.2 Å². The Kier molecular flexibility index (Phi) is 4.52. The molecule has 154 valence electrons. The molecule has 0 radical (unpaired) electrons. The second kappa shape index (κ2) is 7.37. The number of para-hydroxylation sites is 1. The minimum atomic E-state index is -1.08. The summed E-state index contributed by atoms with van der Waals surface area (Å²) in [4.78, 5) is 44.9. The molecule has 2 fully saturated rings. The van der Waals surface area contributed by atoms with Crippen molar-refractivity contribution >= 4 is 29.2 Å². The number of nitrogens with zero attached hydrogens (tertiary/aromatic N) is 2. The Bertz CT molecular complexity index is 1150. The largest absolute Gasteiger partial charge is 0.478 e. The number of hydrogen-bond donors (Lipinski definition) is 1. The average molecular weight is 414 g/mol. The van der Waals surface area contributed by atoms with E-state index in [-0.39, 0.29) is 11.5 Å². The Morgan fingerprint density at radius 1 is 0.774 bits per heavy atom. The smallest absolute Gasteiger partial charge is 0.335 e. The molecule has 0 unspecified atom stereocenters. The van der Waals surface area contributed by atoms with Gasteiger partial charge in [0.25, 0.3) is 5.91 Å². The highest BCUT2D eigenvalue weighted by molar-refractivity contribution is 6.24. The lowest BCUT2D eigenvalue weighted by Crippen LogP contribution is -2.37. The van der Waals surface area contributed by atoms with Gasteiger partial charge in [-0.1, -0.05) is 48.5 Å². The number of hydroxylamine groups is 1. The SMILES string of the molecule is O=C(O)c1ccc(N2C(=O)[C@@H]3[C@H](ON(c4ccccc4)[C@@H]3c3ccccc3)C2=O)cc1. The third kappa shape index (κ3) is 3.06. The quantitative estimate of drug-likeness (QED) is 0.658. The molecule has 0 saturated carbocycles. The fourth-order valence-electron chi connectivity index (χ4n) is 4.21. The van der Waals surface area contributed by atoms with E-state index in [1.165, 1.54) is 24.3 Å². The molecule has 2 saturated heterocycles. The van der Waals surface area contributed by atoms with Crippen molar-refractivity contribution in [2.24, 2.45) is 5.92 Å². The third-order valence-electron chi connectivity index (χ3n) is 5.64. The van der Waals surface area contributed by atoms with Crippen molar-refractivity contribution in [1.29, 1.82) is 0 Å². The van der Waals surface area contributed by atoms with Crippen molar-refractivity contribution in [2.45, 2.75) is 12.1 Å². The van der Waals surface area contributed by atoms with Gasteiger partial charge in [0.15, 0.2) is 6.10 Å². The minimum Gasteiger partial charge on any atom is -0.478 e. The number of fused-ring (bicyclic) bond motifs is 1. The number of carboxylic acid groups (broad SMARTS) is 1. The van der Waals surface area contributed by atoms with Crippen molar-refractivity contribution in [3.63, 3.8) is 0 Å². The summed E-state index contributed by atoms with van der Waals surface area (Å²) in [7, 11) is 0. The number of carbonyl (C=O) groups excluding carboxylic acids is 2. The normalized spacial score (nSPS) is 22.6.